The lowest BCUT2D eigenvalue weighted by Gasteiger charge is -2.51. The summed E-state index contributed by atoms with van der Waals surface area (Å²) in [5.41, 5.74) is 1.63. The number of aromatic nitrogens is 2. The predicted molar refractivity (Wildman–Crippen MR) is 125 cm³/mol. The summed E-state index contributed by atoms with van der Waals surface area (Å²) in [6, 6.07) is 10.6. The highest BCUT2D eigenvalue weighted by atomic mass is 16.3. The SMILES string of the molecule is CN=Cc1ncc(N2CC3(CCC(c4ccccc4)(N(C)C)CC3)N(CCO)C2=O)cn1. The Morgan fingerprint density at radius 3 is 2.34 bits per heavy atom. The number of hydrogen-bond acceptors (Lipinski definition) is 6. The summed E-state index contributed by atoms with van der Waals surface area (Å²) < 4.78 is 0. The van der Waals surface area contributed by atoms with Crippen LogP contribution in [0.1, 0.15) is 37.1 Å². The fraction of sp³-hybridized carbons (Fsp3) is 0.500. The molecule has 1 aliphatic heterocycles. The van der Waals surface area contributed by atoms with E-state index in [0.29, 0.717) is 24.6 Å². The minimum absolute atomic E-state index is 0.0543. The third kappa shape index (κ3) is 3.78. The summed E-state index contributed by atoms with van der Waals surface area (Å²) in [6.07, 6.45) is 8.54. The minimum Gasteiger partial charge on any atom is -0.395 e. The van der Waals surface area contributed by atoms with Crippen molar-refractivity contribution in [1.29, 1.82) is 0 Å². The maximum absolute atomic E-state index is 13.4. The summed E-state index contributed by atoms with van der Waals surface area (Å²) >= 11 is 0. The summed E-state index contributed by atoms with van der Waals surface area (Å²) in [7, 11) is 5.95. The summed E-state index contributed by atoms with van der Waals surface area (Å²) in [4.78, 5) is 31.9. The van der Waals surface area contributed by atoms with E-state index in [2.05, 4.69) is 58.2 Å². The molecule has 0 radical (unpaired) electrons. The van der Waals surface area contributed by atoms with Crippen molar-refractivity contribution in [3.63, 3.8) is 0 Å². The molecule has 1 spiro atoms. The molecule has 2 aliphatic rings. The topological polar surface area (TPSA) is 85.2 Å². The lowest BCUT2D eigenvalue weighted by Crippen LogP contribution is -2.55. The molecule has 1 saturated carbocycles. The van der Waals surface area contributed by atoms with E-state index in [4.69, 9.17) is 0 Å². The molecular formula is C24H32N6O2. The largest absolute Gasteiger partial charge is 0.395 e. The zero-order valence-corrected chi connectivity index (χ0v) is 19.1. The molecule has 2 amide bonds. The molecule has 1 aliphatic carbocycles. The lowest BCUT2D eigenvalue weighted by molar-refractivity contribution is 0.0216. The van der Waals surface area contributed by atoms with Crippen LogP contribution < -0.4 is 4.90 Å². The van der Waals surface area contributed by atoms with Gasteiger partial charge in [-0.1, -0.05) is 30.3 Å². The van der Waals surface area contributed by atoms with Crippen molar-refractivity contribution in [2.24, 2.45) is 4.99 Å². The van der Waals surface area contributed by atoms with Gasteiger partial charge in [-0.3, -0.25) is 14.8 Å². The number of aliphatic hydroxyl groups excluding tert-OH is 1. The Morgan fingerprint density at radius 1 is 1.12 bits per heavy atom. The third-order valence-electron chi connectivity index (χ3n) is 7.20. The highest BCUT2D eigenvalue weighted by Gasteiger charge is 2.54. The molecule has 2 heterocycles. The van der Waals surface area contributed by atoms with Crippen LogP contribution in [0.15, 0.2) is 47.7 Å². The first-order valence-corrected chi connectivity index (χ1v) is 11.1. The molecule has 2 fully saturated rings. The van der Waals surface area contributed by atoms with Crippen LogP contribution in [-0.4, -0.2) is 83.5 Å². The van der Waals surface area contributed by atoms with Gasteiger partial charge in [0.2, 0.25) is 0 Å². The van der Waals surface area contributed by atoms with E-state index in [-0.39, 0.29) is 23.7 Å². The molecule has 2 aromatic rings. The fourth-order valence-corrected chi connectivity index (χ4v) is 5.38. The fourth-order valence-electron chi connectivity index (χ4n) is 5.38. The Bertz CT molecular complexity index is 952. The van der Waals surface area contributed by atoms with Crippen LogP contribution >= 0.6 is 0 Å². The van der Waals surface area contributed by atoms with E-state index in [0.717, 1.165) is 25.7 Å². The number of rotatable bonds is 6. The van der Waals surface area contributed by atoms with Crippen LogP contribution in [0.25, 0.3) is 0 Å². The molecule has 8 nitrogen and oxygen atoms in total. The summed E-state index contributed by atoms with van der Waals surface area (Å²) in [5.74, 6) is 0.515. The van der Waals surface area contributed by atoms with E-state index in [9.17, 15) is 9.90 Å². The number of aliphatic imine (C=N–C) groups is 1. The van der Waals surface area contributed by atoms with Crippen LogP contribution in [0.3, 0.4) is 0 Å². The number of urea groups is 1. The van der Waals surface area contributed by atoms with Crippen molar-refractivity contribution in [2.45, 2.75) is 36.8 Å². The predicted octanol–water partition coefficient (Wildman–Crippen LogP) is 2.53. The number of amides is 2. The van der Waals surface area contributed by atoms with Crippen molar-refractivity contribution >= 4 is 17.9 Å². The minimum atomic E-state index is -0.308. The van der Waals surface area contributed by atoms with Crippen molar-refractivity contribution < 1.29 is 9.90 Å². The first-order chi connectivity index (χ1) is 15.5. The molecule has 32 heavy (non-hydrogen) atoms. The van der Waals surface area contributed by atoms with Gasteiger partial charge in [0.15, 0.2) is 5.82 Å². The number of hydrogen-bond donors (Lipinski definition) is 1. The first kappa shape index (κ1) is 22.4. The maximum atomic E-state index is 13.4. The van der Waals surface area contributed by atoms with Gasteiger partial charge in [0, 0.05) is 19.1 Å². The maximum Gasteiger partial charge on any atom is 0.325 e. The zero-order valence-electron chi connectivity index (χ0n) is 19.1. The highest BCUT2D eigenvalue weighted by molar-refractivity contribution is 5.95. The quantitative estimate of drug-likeness (QED) is 0.704. The average Bonchev–Trinajstić information content (AvgIpc) is 3.07. The monoisotopic (exact) mass is 436 g/mol. The average molecular weight is 437 g/mol. The van der Waals surface area contributed by atoms with Gasteiger partial charge in [0.1, 0.15) is 0 Å². The Labute approximate surface area is 189 Å². The molecule has 1 aromatic heterocycles. The molecule has 1 N–H and O–H groups in total. The molecule has 0 bridgehead atoms. The van der Waals surface area contributed by atoms with Gasteiger partial charge in [0.05, 0.1) is 43.0 Å². The molecular weight excluding hydrogens is 404 g/mol. The number of carbonyl (C=O) groups excluding carboxylic acids is 1. The third-order valence-corrected chi connectivity index (χ3v) is 7.20. The molecule has 4 rings (SSSR count). The molecule has 0 unspecified atom stereocenters. The van der Waals surface area contributed by atoms with Crippen molar-refractivity contribution in [2.75, 3.05) is 45.7 Å². The molecule has 1 saturated heterocycles. The van der Waals surface area contributed by atoms with E-state index >= 15 is 0 Å². The first-order valence-electron chi connectivity index (χ1n) is 11.1. The number of aliphatic hydroxyl groups is 1. The van der Waals surface area contributed by atoms with Gasteiger partial charge in [0.25, 0.3) is 0 Å². The van der Waals surface area contributed by atoms with Gasteiger partial charge in [-0.2, -0.15) is 0 Å². The number of β-amino-alcohol motifs (C(OH)–C–C–N with tert-alkyl or cyclic N) is 1. The Balaban J connectivity index is 1.61. The van der Waals surface area contributed by atoms with E-state index in [1.807, 2.05) is 11.0 Å². The molecule has 8 heteroatoms. The zero-order chi connectivity index (χ0) is 22.8. The smallest absolute Gasteiger partial charge is 0.325 e. The van der Waals surface area contributed by atoms with Crippen molar-refractivity contribution in [3.8, 4) is 0 Å². The van der Waals surface area contributed by atoms with Crippen LogP contribution in [0.4, 0.5) is 10.5 Å². The van der Waals surface area contributed by atoms with Crippen LogP contribution in [0, 0.1) is 0 Å². The van der Waals surface area contributed by atoms with E-state index in [1.165, 1.54) is 5.56 Å². The molecule has 170 valence electrons. The number of carbonyl (C=O) groups is 1. The van der Waals surface area contributed by atoms with Gasteiger partial charge in [-0.05, 0) is 45.3 Å². The summed E-state index contributed by atoms with van der Waals surface area (Å²) in [6.45, 7) is 0.854. The van der Waals surface area contributed by atoms with Crippen LogP contribution in [-0.2, 0) is 5.54 Å². The van der Waals surface area contributed by atoms with Crippen LogP contribution in [0.5, 0.6) is 0 Å². The van der Waals surface area contributed by atoms with Gasteiger partial charge in [-0.15, -0.1) is 0 Å². The van der Waals surface area contributed by atoms with E-state index in [1.54, 1.807) is 30.6 Å². The Kier molecular flexibility index (Phi) is 6.26. The number of anilines is 1. The normalized spacial score (nSPS) is 26.1. The summed E-state index contributed by atoms with van der Waals surface area (Å²) in [5, 5.41) is 9.72. The molecule has 1 aromatic carbocycles. The second-order valence-electron chi connectivity index (χ2n) is 8.95. The Morgan fingerprint density at radius 2 is 1.78 bits per heavy atom. The van der Waals surface area contributed by atoms with Crippen molar-refractivity contribution in [1.82, 2.24) is 19.8 Å². The second-order valence-corrected chi connectivity index (χ2v) is 8.95. The van der Waals surface area contributed by atoms with E-state index < -0.39 is 0 Å². The Hall–Kier alpha value is -2.84. The highest BCUT2D eigenvalue weighted by Crippen LogP contribution is 2.49. The van der Waals surface area contributed by atoms with Gasteiger partial charge < -0.3 is 10.0 Å². The van der Waals surface area contributed by atoms with Gasteiger partial charge in [-0.25, -0.2) is 14.8 Å². The molecule has 0 atom stereocenters. The van der Waals surface area contributed by atoms with Crippen LogP contribution in [0.2, 0.25) is 0 Å². The lowest BCUT2D eigenvalue weighted by atomic mass is 9.68. The number of benzene rings is 1. The number of nitrogens with zero attached hydrogens (tertiary/aromatic N) is 6. The second kappa shape index (κ2) is 8.96. The van der Waals surface area contributed by atoms with Gasteiger partial charge >= 0.3 is 6.03 Å². The standard InChI is InChI=1S/C24H32N6O2/c1-25-17-21-26-15-20(16-27-21)29-18-23(30(13-14-31)22(29)32)9-11-24(12-10-23,28(2)3)19-7-5-4-6-8-19/h4-8,15-17,31H,9-14,18H2,1-3H3. The van der Waals surface area contributed by atoms with Crippen molar-refractivity contribution in [3.05, 3.63) is 54.1 Å².